The molecule has 2 rings (SSSR count). The number of hydrogen-bond acceptors (Lipinski definition) is 4. The van der Waals surface area contributed by atoms with Gasteiger partial charge in [0.1, 0.15) is 6.54 Å². The van der Waals surface area contributed by atoms with Crippen LogP contribution < -0.4 is 9.62 Å². The van der Waals surface area contributed by atoms with Crippen LogP contribution in [0.3, 0.4) is 0 Å². The molecule has 1 N–H and O–H groups in total. The number of sulfonamides is 1. The van der Waals surface area contributed by atoms with E-state index in [1.165, 1.54) is 4.90 Å². The number of hydrogen-bond donors (Lipinski definition) is 1. The van der Waals surface area contributed by atoms with E-state index in [0.29, 0.717) is 17.8 Å². The molecule has 0 saturated carbocycles. The third kappa shape index (κ3) is 5.32. The van der Waals surface area contributed by atoms with Crippen LogP contribution in [0.15, 0.2) is 48.5 Å². The molecule has 0 aliphatic rings. The summed E-state index contributed by atoms with van der Waals surface area (Å²) in [5, 5.41) is 2.55. The first-order valence-electron chi connectivity index (χ1n) is 8.72. The highest BCUT2D eigenvalue weighted by Crippen LogP contribution is 2.22. The number of benzene rings is 2. The van der Waals surface area contributed by atoms with E-state index in [1.807, 2.05) is 6.07 Å². The van der Waals surface area contributed by atoms with Crippen molar-refractivity contribution in [3.63, 3.8) is 0 Å². The summed E-state index contributed by atoms with van der Waals surface area (Å²) in [5.74, 6) is -0.512. The zero-order chi connectivity index (χ0) is 20.9. The van der Waals surface area contributed by atoms with E-state index < -0.39 is 10.0 Å². The van der Waals surface area contributed by atoms with Crippen molar-refractivity contribution in [3.8, 4) is 0 Å². The highest BCUT2D eigenvalue weighted by molar-refractivity contribution is 7.92. The standard InChI is InChI=1S/C20H25N3O4S/c1-15-7-5-6-8-18(15)23(28(4,26)27)14-19(24)22(3)13-16-9-11-17(12-10-16)20(25)21-2/h5-12H,13-14H2,1-4H3,(H,21,25). The summed E-state index contributed by atoms with van der Waals surface area (Å²) < 4.78 is 25.6. The first-order chi connectivity index (χ1) is 13.1. The van der Waals surface area contributed by atoms with Gasteiger partial charge >= 0.3 is 0 Å². The number of rotatable bonds is 7. The predicted molar refractivity (Wildman–Crippen MR) is 110 cm³/mol. The lowest BCUT2D eigenvalue weighted by Gasteiger charge is -2.26. The molecule has 7 nitrogen and oxygen atoms in total. The van der Waals surface area contributed by atoms with Crippen molar-refractivity contribution in [2.75, 3.05) is 31.2 Å². The van der Waals surface area contributed by atoms with Crippen LogP contribution in [0.25, 0.3) is 0 Å². The summed E-state index contributed by atoms with van der Waals surface area (Å²) in [7, 11) is -0.440. The van der Waals surface area contributed by atoms with Crippen molar-refractivity contribution < 1.29 is 18.0 Å². The second-order valence-corrected chi connectivity index (χ2v) is 8.49. The van der Waals surface area contributed by atoms with Gasteiger partial charge in [-0.05, 0) is 36.2 Å². The number of nitrogens with zero attached hydrogens (tertiary/aromatic N) is 2. The molecule has 0 heterocycles. The summed E-state index contributed by atoms with van der Waals surface area (Å²) in [4.78, 5) is 25.7. The smallest absolute Gasteiger partial charge is 0.251 e. The monoisotopic (exact) mass is 403 g/mol. The van der Waals surface area contributed by atoms with E-state index >= 15 is 0 Å². The van der Waals surface area contributed by atoms with Crippen molar-refractivity contribution in [1.82, 2.24) is 10.2 Å². The largest absolute Gasteiger partial charge is 0.355 e. The van der Waals surface area contributed by atoms with Crippen molar-refractivity contribution >= 4 is 27.5 Å². The van der Waals surface area contributed by atoms with Crippen LogP contribution in [0, 0.1) is 6.92 Å². The molecule has 0 spiro atoms. The van der Waals surface area contributed by atoms with Gasteiger partial charge in [0, 0.05) is 26.2 Å². The number of likely N-dealkylation sites (N-methyl/N-ethyl adjacent to an activating group) is 1. The van der Waals surface area contributed by atoms with Crippen LogP contribution in [-0.2, 0) is 21.4 Å². The minimum absolute atomic E-state index is 0.182. The Kier molecular flexibility index (Phi) is 6.80. The van der Waals surface area contributed by atoms with E-state index in [0.717, 1.165) is 21.7 Å². The van der Waals surface area contributed by atoms with Crippen LogP contribution in [0.2, 0.25) is 0 Å². The molecule has 0 atom stereocenters. The number of para-hydroxylation sites is 1. The van der Waals surface area contributed by atoms with E-state index in [9.17, 15) is 18.0 Å². The SMILES string of the molecule is CNC(=O)c1ccc(CN(C)C(=O)CN(c2ccccc2C)S(C)(=O)=O)cc1. The number of aryl methyl sites for hydroxylation is 1. The normalized spacial score (nSPS) is 11.0. The maximum atomic E-state index is 12.7. The number of carbonyl (C=O) groups is 2. The summed E-state index contributed by atoms with van der Waals surface area (Å²) in [6.07, 6.45) is 1.09. The molecular weight excluding hydrogens is 378 g/mol. The van der Waals surface area contributed by atoms with Gasteiger partial charge in [-0.1, -0.05) is 30.3 Å². The van der Waals surface area contributed by atoms with Crippen LogP contribution in [-0.4, -0.2) is 52.0 Å². The van der Waals surface area contributed by atoms with Gasteiger partial charge in [-0.3, -0.25) is 13.9 Å². The third-order valence-corrected chi connectivity index (χ3v) is 5.48. The van der Waals surface area contributed by atoms with Gasteiger partial charge in [0.2, 0.25) is 15.9 Å². The van der Waals surface area contributed by atoms with Crippen molar-refractivity contribution in [2.45, 2.75) is 13.5 Å². The molecule has 150 valence electrons. The minimum atomic E-state index is -3.62. The Morgan fingerprint density at radius 3 is 2.18 bits per heavy atom. The van der Waals surface area contributed by atoms with E-state index in [-0.39, 0.29) is 18.4 Å². The second kappa shape index (κ2) is 8.88. The second-order valence-electron chi connectivity index (χ2n) is 6.58. The van der Waals surface area contributed by atoms with Crippen LogP contribution >= 0.6 is 0 Å². The Bertz CT molecular complexity index is 956. The molecule has 0 aliphatic carbocycles. The first-order valence-corrected chi connectivity index (χ1v) is 10.6. The molecule has 2 aromatic carbocycles. The Labute approximate surface area is 166 Å². The molecule has 8 heteroatoms. The first kappa shape index (κ1) is 21.4. The Hall–Kier alpha value is -2.87. The molecular formula is C20H25N3O4S. The molecule has 28 heavy (non-hydrogen) atoms. The average molecular weight is 404 g/mol. The fourth-order valence-electron chi connectivity index (χ4n) is 2.74. The summed E-state index contributed by atoms with van der Waals surface area (Å²) in [6, 6.07) is 13.9. The fraction of sp³-hybridized carbons (Fsp3) is 0.300. The van der Waals surface area contributed by atoms with E-state index in [4.69, 9.17) is 0 Å². The van der Waals surface area contributed by atoms with Gasteiger partial charge in [0.15, 0.2) is 0 Å². The Morgan fingerprint density at radius 2 is 1.64 bits per heavy atom. The average Bonchev–Trinajstić information content (AvgIpc) is 2.65. The Morgan fingerprint density at radius 1 is 1.04 bits per heavy atom. The van der Waals surface area contributed by atoms with Crippen molar-refractivity contribution in [2.24, 2.45) is 0 Å². The molecule has 2 amide bonds. The van der Waals surface area contributed by atoms with E-state index in [2.05, 4.69) is 5.32 Å². The molecule has 0 radical (unpaired) electrons. The molecule has 2 aromatic rings. The lowest BCUT2D eigenvalue weighted by molar-refractivity contribution is -0.128. The lowest BCUT2D eigenvalue weighted by atomic mass is 10.1. The molecule has 0 fully saturated rings. The molecule has 0 bridgehead atoms. The molecule has 0 unspecified atom stereocenters. The zero-order valence-electron chi connectivity index (χ0n) is 16.5. The highest BCUT2D eigenvalue weighted by Gasteiger charge is 2.23. The summed E-state index contributed by atoms with van der Waals surface area (Å²) >= 11 is 0. The molecule has 0 aromatic heterocycles. The number of amides is 2. The molecule has 0 aliphatic heterocycles. The van der Waals surface area contributed by atoms with Gasteiger partial charge in [0.05, 0.1) is 11.9 Å². The molecule has 0 saturated heterocycles. The third-order valence-electron chi connectivity index (χ3n) is 4.35. The van der Waals surface area contributed by atoms with Crippen LogP contribution in [0.5, 0.6) is 0 Å². The fourth-order valence-corrected chi connectivity index (χ4v) is 3.64. The van der Waals surface area contributed by atoms with Gasteiger partial charge in [-0.15, -0.1) is 0 Å². The zero-order valence-corrected chi connectivity index (χ0v) is 17.3. The number of nitrogens with one attached hydrogen (secondary N) is 1. The topological polar surface area (TPSA) is 86.8 Å². The Balaban J connectivity index is 2.13. The summed E-state index contributed by atoms with van der Waals surface area (Å²) in [5.41, 5.74) is 2.63. The van der Waals surface area contributed by atoms with Gasteiger partial charge in [-0.2, -0.15) is 0 Å². The lowest BCUT2D eigenvalue weighted by Crippen LogP contribution is -2.41. The van der Waals surface area contributed by atoms with Gasteiger partial charge in [-0.25, -0.2) is 8.42 Å². The van der Waals surface area contributed by atoms with E-state index in [1.54, 1.807) is 63.5 Å². The maximum Gasteiger partial charge on any atom is 0.251 e. The van der Waals surface area contributed by atoms with Crippen LogP contribution in [0.1, 0.15) is 21.5 Å². The minimum Gasteiger partial charge on any atom is -0.355 e. The van der Waals surface area contributed by atoms with Crippen LogP contribution in [0.4, 0.5) is 5.69 Å². The van der Waals surface area contributed by atoms with Crippen molar-refractivity contribution in [1.29, 1.82) is 0 Å². The predicted octanol–water partition coefficient (Wildman–Crippen LogP) is 1.78. The van der Waals surface area contributed by atoms with Gasteiger partial charge < -0.3 is 10.2 Å². The van der Waals surface area contributed by atoms with Gasteiger partial charge in [0.25, 0.3) is 5.91 Å². The quantitative estimate of drug-likeness (QED) is 0.763. The maximum absolute atomic E-state index is 12.7. The number of carbonyl (C=O) groups excluding carboxylic acids is 2. The van der Waals surface area contributed by atoms with Crippen molar-refractivity contribution in [3.05, 3.63) is 65.2 Å². The highest BCUT2D eigenvalue weighted by atomic mass is 32.2. The summed E-state index contributed by atoms with van der Waals surface area (Å²) in [6.45, 7) is 1.82. The number of anilines is 1.